The third kappa shape index (κ3) is 5.04. The molecule has 0 aliphatic rings. The van der Waals surface area contributed by atoms with Gasteiger partial charge in [0.25, 0.3) is 5.91 Å². The van der Waals surface area contributed by atoms with E-state index in [4.69, 9.17) is 5.73 Å². The van der Waals surface area contributed by atoms with Crippen molar-refractivity contribution < 1.29 is 4.79 Å². The number of nitrogens with zero attached hydrogens (tertiary/aromatic N) is 5. The van der Waals surface area contributed by atoms with Crippen molar-refractivity contribution in [2.24, 2.45) is 0 Å². The zero-order valence-corrected chi connectivity index (χ0v) is 18.3. The Labute approximate surface area is 185 Å². The Kier molecular flexibility index (Phi) is 6.20. The highest BCUT2D eigenvalue weighted by molar-refractivity contribution is 7.20. The van der Waals surface area contributed by atoms with Crippen LogP contribution in [0.5, 0.6) is 0 Å². The number of rotatable bonds is 7. The van der Waals surface area contributed by atoms with Gasteiger partial charge in [-0.3, -0.25) is 4.79 Å². The fourth-order valence-corrected chi connectivity index (χ4v) is 4.20. The molecule has 0 saturated heterocycles. The summed E-state index contributed by atoms with van der Waals surface area (Å²) < 4.78 is 0.935. The number of hydrogen-bond donors (Lipinski definition) is 1. The van der Waals surface area contributed by atoms with E-state index in [1.165, 1.54) is 11.3 Å². The minimum Gasteiger partial charge on any atom is -0.368 e. The van der Waals surface area contributed by atoms with Gasteiger partial charge in [0, 0.05) is 31.4 Å². The van der Waals surface area contributed by atoms with Crippen LogP contribution in [-0.2, 0) is 6.54 Å². The van der Waals surface area contributed by atoms with Gasteiger partial charge in [-0.25, -0.2) is 15.0 Å². The molecule has 7 nitrogen and oxygen atoms in total. The minimum absolute atomic E-state index is 0.0558. The van der Waals surface area contributed by atoms with Crippen LogP contribution in [0.15, 0.2) is 60.8 Å². The number of likely N-dealkylation sites (N-methyl/N-ethyl adjacent to an activating group) is 1. The average Bonchev–Trinajstić information content (AvgIpc) is 3.20. The molecule has 8 heteroatoms. The van der Waals surface area contributed by atoms with Gasteiger partial charge in [0.05, 0.1) is 15.9 Å². The van der Waals surface area contributed by atoms with Gasteiger partial charge in [-0.1, -0.05) is 36.4 Å². The zero-order chi connectivity index (χ0) is 21.8. The van der Waals surface area contributed by atoms with Gasteiger partial charge in [-0.15, -0.1) is 11.3 Å². The first-order chi connectivity index (χ1) is 15.0. The second kappa shape index (κ2) is 9.20. The summed E-state index contributed by atoms with van der Waals surface area (Å²) in [6.07, 6.45) is 1.63. The minimum atomic E-state index is -0.0558. The van der Waals surface area contributed by atoms with Crippen molar-refractivity contribution in [2.45, 2.75) is 6.54 Å². The van der Waals surface area contributed by atoms with Crippen LogP contribution in [0.1, 0.15) is 15.4 Å². The number of carbonyl (C=O) groups excluding carboxylic acids is 1. The van der Waals surface area contributed by atoms with Gasteiger partial charge in [0.15, 0.2) is 5.01 Å². The summed E-state index contributed by atoms with van der Waals surface area (Å²) in [5.74, 6) is 0.176. The standard InChI is InChI=1S/C23H24N6OS/c1-28(2)12-13-29(15-16-6-4-3-5-7-16)22(30)21-26-19-9-8-17(14-20(19)31-21)18-10-11-25-23(24)27-18/h3-11,14H,12-13,15H2,1-2H3,(H2,24,25,27). The van der Waals surface area contributed by atoms with Crippen molar-refractivity contribution in [2.75, 3.05) is 32.9 Å². The average molecular weight is 433 g/mol. The van der Waals surface area contributed by atoms with Gasteiger partial charge in [-0.2, -0.15) is 0 Å². The molecule has 0 saturated carbocycles. The molecule has 0 bridgehead atoms. The first-order valence-electron chi connectivity index (χ1n) is 9.97. The maximum Gasteiger partial charge on any atom is 0.283 e. The highest BCUT2D eigenvalue weighted by Gasteiger charge is 2.20. The van der Waals surface area contributed by atoms with Gasteiger partial charge < -0.3 is 15.5 Å². The largest absolute Gasteiger partial charge is 0.368 e. The Bertz CT molecular complexity index is 1190. The monoisotopic (exact) mass is 432 g/mol. The van der Waals surface area contributed by atoms with Crippen LogP contribution < -0.4 is 5.73 Å². The Hall–Kier alpha value is -3.36. The van der Waals surface area contributed by atoms with E-state index in [0.29, 0.717) is 18.1 Å². The number of hydrogen-bond acceptors (Lipinski definition) is 7. The smallest absolute Gasteiger partial charge is 0.283 e. The maximum absolute atomic E-state index is 13.3. The molecule has 2 aromatic carbocycles. The third-order valence-corrected chi connectivity index (χ3v) is 5.87. The van der Waals surface area contributed by atoms with Crippen LogP contribution in [0.4, 0.5) is 5.95 Å². The summed E-state index contributed by atoms with van der Waals surface area (Å²) in [6.45, 7) is 1.96. The Morgan fingerprint density at radius 1 is 1.03 bits per heavy atom. The molecule has 0 aliphatic carbocycles. The first-order valence-corrected chi connectivity index (χ1v) is 10.8. The predicted molar refractivity (Wildman–Crippen MR) is 125 cm³/mol. The lowest BCUT2D eigenvalue weighted by atomic mass is 10.1. The van der Waals surface area contributed by atoms with Crippen LogP contribution >= 0.6 is 11.3 Å². The number of benzene rings is 2. The summed E-state index contributed by atoms with van der Waals surface area (Å²) >= 11 is 1.40. The van der Waals surface area contributed by atoms with Gasteiger partial charge >= 0.3 is 0 Å². The molecule has 158 valence electrons. The molecular weight excluding hydrogens is 408 g/mol. The molecule has 0 spiro atoms. The van der Waals surface area contributed by atoms with E-state index in [2.05, 4.69) is 19.9 Å². The highest BCUT2D eigenvalue weighted by atomic mass is 32.1. The van der Waals surface area contributed by atoms with E-state index in [9.17, 15) is 4.79 Å². The van der Waals surface area contributed by atoms with E-state index in [0.717, 1.165) is 33.6 Å². The molecule has 0 unspecified atom stereocenters. The Morgan fingerprint density at radius 3 is 2.58 bits per heavy atom. The molecule has 2 aromatic heterocycles. The molecule has 4 aromatic rings. The molecule has 0 atom stereocenters. The maximum atomic E-state index is 13.3. The molecule has 1 amide bonds. The quantitative estimate of drug-likeness (QED) is 0.481. The van der Waals surface area contributed by atoms with E-state index in [1.807, 2.05) is 73.6 Å². The number of anilines is 1. The van der Waals surface area contributed by atoms with Crippen molar-refractivity contribution >= 4 is 33.4 Å². The number of amides is 1. The predicted octanol–water partition coefficient (Wildman–Crippen LogP) is 3.54. The fourth-order valence-electron chi connectivity index (χ4n) is 3.22. The van der Waals surface area contributed by atoms with E-state index in [1.54, 1.807) is 6.20 Å². The molecule has 2 N–H and O–H groups in total. The fraction of sp³-hybridized carbons (Fsp3) is 0.217. The van der Waals surface area contributed by atoms with Crippen molar-refractivity contribution in [1.82, 2.24) is 24.8 Å². The van der Waals surface area contributed by atoms with Crippen molar-refractivity contribution in [3.63, 3.8) is 0 Å². The van der Waals surface area contributed by atoms with Crippen molar-refractivity contribution in [3.8, 4) is 11.3 Å². The molecule has 0 radical (unpaired) electrons. The van der Waals surface area contributed by atoms with Crippen LogP contribution in [0.3, 0.4) is 0 Å². The Morgan fingerprint density at radius 2 is 1.84 bits per heavy atom. The van der Waals surface area contributed by atoms with Gasteiger partial charge in [-0.05, 0) is 37.9 Å². The molecule has 0 fully saturated rings. The van der Waals surface area contributed by atoms with Crippen molar-refractivity contribution in [1.29, 1.82) is 0 Å². The summed E-state index contributed by atoms with van der Waals surface area (Å²) in [5, 5.41) is 0.490. The highest BCUT2D eigenvalue weighted by Crippen LogP contribution is 2.28. The molecular formula is C23H24N6OS. The second-order valence-electron chi connectivity index (χ2n) is 7.52. The lowest BCUT2D eigenvalue weighted by molar-refractivity contribution is 0.0732. The zero-order valence-electron chi connectivity index (χ0n) is 17.5. The molecule has 2 heterocycles. The van der Waals surface area contributed by atoms with Crippen LogP contribution in [0.25, 0.3) is 21.5 Å². The lowest BCUT2D eigenvalue weighted by Crippen LogP contribution is -2.36. The second-order valence-corrected chi connectivity index (χ2v) is 8.55. The van der Waals surface area contributed by atoms with Crippen LogP contribution in [-0.4, -0.2) is 57.8 Å². The third-order valence-electron chi connectivity index (χ3n) is 4.86. The number of aromatic nitrogens is 3. The van der Waals surface area contributed by atoms with Crippen LogP contribution in [0, 0.1) is 0 Å². The molecule has 4 rings (SSSR count). The normalized spacial score (nSPS) is 11.2. The first kappa shape index (κ1) is 20.9. The van der Waals surface area contributed by atoms with Crippen LogP contribution in [0.2, 0.25) is 0 Å². The number of fused-ring (bicyclic) bond motifs is 1. The summed E-state index contributed by atoms with van der Waals surface area (Å²) in [7, 11) is 4.01. The summed E-state index contributed by atoms with van der Waals surface area (Å²) in [4.78, 5) is 30.1. The van der Waals surface area contributed by atoms with E-state index >= 15 is 0 Å². The molecule has 0 aliphatic heterocycles. The summed E-state index contributed by atoms with van der Waals surface area (Å²) in [6, 6.07) is 17.7. The molecule has 31 heavy (non-hydrogen) atoms. The van der Waals surface area contributed by atoms with Crippen molar-refractivity contribution in [3.05, 3.63) is 71.4 Å². The summed E-state index contributed by atoms with van der Waals surface area (Å²) in [5.41, 5.74) is 9.27. The SMILES string of the molecule is CN(C)CCN(Cc1ccccc1)C(=O)c1nc2ccc(-c3ccnc(N)n3)cc2s1. The van der Waals surface area contributed by atoms with E-state index in [-0.39, 0.29) is 11.9 Å². The Balaban J connectivity index is 1.62. The van der Waals surface area contributed by atoms with Gasteiger partial charge in [0.2, 0.25) is 5.95 Å². The van der Waals surface area contributed by atoms with E-state index < -0.39 is 0 Å². The number of carbonyl (C=O) groups is 1. The topological polar surface area (TPSA) is 88.2 Å². The number of thiazole rings is 1. The lowest BCUT2D eigenvalue weighted by Gasteiger charge is -2.23. The number of nitrogen functional groups attached to an aromatic ring is 1. The van der Waals surface area contributed by atoms with Gasteiger partial charge in [0.1, 0.15) is 0 Å². The number of nitrogens with two attached hydrogens (primary N) is 1.